The van der Waals surface area contributed by atoms with Crippen molar-refractivity contribution < 1.29 is 18.0 Å². The van der Waals surface area contributed by atoms with Crippen LogP contribution in [0.1, 0.15) is 63.3 Å². The Morgan fingerprint density at radius 3 is 2.00 bits per heavy atom. The van der Waals surface area contributed by atoms with Crippen molar-refractivity contribution in [1.82, 2.24) is 10.2 Å². The zero-order valence-electron chi connectivity index (χ0n) is 25.3. The molecule has 3 rings (SSSR count). The molecule has 0 heterocycles. The minimum atomic E-state index is -4.11. The largest absolute Gasteiger partial charge is 0.350 e. The number of amides is 2. The molecule has 220 valence electrons. The number of nitrogens with zero attached hydrogens (tertiary/aromatic N) is 2. The van der Waals surface area contributed by atoms with Crippen molar-refractivity contribution in [3.8, 4) is 0 Å². The molecule has 0 aliphatic carbocycles. The van der Waals surface area contributed by atoms with E-state index in [1.54, 1.807) is 36.4 Å². The number of para-hydroxylation sites is 1. The number of benzene rings is 3. The van der Waals surface area contributed by atoms with Crippen LogP contribution < -0.4 is 9.62 Å². The smallest absolute Gasteiger partial charge is 0.264 e. The Balaban J connectivity index is 2.12. The lowest BCUT2D eigenvalue weighted by atomic mass is 10.0. The zero-order valence-corrected chi connectivity index (χ0v) is 26.1. The summed E-state index contributed by atoms with van der Waals surface area (Å²) in [6.45, 7) is 13.1. The van der Waals surface area contributed by atoms with E-state index in [-0.39, 0.29) is 17.3 Å². The molecule has 1 unspecified atom stereocenters. The van der Waals surface area contributed by atoms with E-state index in [9.17, 15) is 18.0 Å². The Hall–Kier alpha value is -3.65. The second kappa shape index (κ2) is 13.3. The second-order valence-electron chi connectivity index (χ2n) is 11.4. The normalized spacial score (nSPS) is 12.5. The number of anilines is 1. The minimum absolute atomic E-state index is 0.102. The molecule has 0 saturated heterocycles. The molecule has 1 atom stereocenters. The molecule has 0 aromatic heterocycles. The molecular weight excluding hydrogens is 534 g/mol. The molecule has 3 aromatic carbocycles. The number of hydrogen-bond acceptors (Lipinski definition) is 4. The number of sulfonamides is 1. The zero-order chi connectivity index (χ0) is 30.4. The van der Waals surface area contributed by atoms with Crippen molar-refractivity contribution in [3.63, 3.8) is 0 Å². The fraction of sp³-hybridized carbons (Fsp3) is 0.394. The Morgan fingerprint density at radius 1 is 0.854 bits per heavy atom. The lowest BCUT2D eigenvalue weighted by Crippen LogP contribution is -2.55. The highest BCUT2D eigenvalue weighted by atomic mass is 32.2. The van der Waals surface area contributed by atoms with Gasteiger partial charge in [-0.2, -0.15) is 0 Å². The van der Waals surface area contributed by atoms with Gasteiger partial charge in [0.05, 0.1) is 10.6 Å². The average molecular weight is 578 g/mol. The number of aryl methyl sites for hydroxylation is 3. The molecule has 2 amide bonds. The Kier molecular flexibility index (Phi) is 10.4. The molecule has 0 radical (unpaired) electrons. The van der Waals surface area contributed by atoms with E-state index in [4.69, 9.17) is 0 Å². The number of rotatable bonds is 11. The van der Waals surface area contributed by atoms with Crippen LogP contribution in [0.5, 0.6) is 0 Å². The fourth-order valence-electron chi connectivity index (χ4n) is 4.75. The van der Waals surface area contributed by atoms with Crippen LogP contribution in [0.2, 0.25) is 0 Å². The maximum Gasteiger partial charge on any atom is 0.264 e. The highest BCUT2D eigenvalue weighted by Crippen LogP contribution is 2.29. The fourth-order valence-corrected chi connectivity index (χ4v) is 6.20. The maximum atomic E-state index is 14.3. The van der Waals surface area contributed by atoms with Crippen molar-refractivity contribution in [1.29, 1.82) is 0 Å². The van der Waals surface area contributed by atoms with Crippen LogP contribution in [0.15, 0.2) is 77.7 Å². The average Bonchev–Trinajstić information content (AvgIpc) is 2.91. The first-order chi connectivity index (χ1) is 19.3. The summed E-state index contributed by atoms with van der Waals surface area (Å²) in [5.74, 6) is -0.727. The van der Waals surface area contributed by atoms with Crippen LogP contribution in [0.4, 0.5) is 5.69 Å². The summed E-state index contributed by atoms with van der Waals surface area (Å²) < 4.78 is 29.4. The predicted octanol–water partition coefficient (Wildman–Crippen LogP) is 5.78. The number of carbonyl (C=O) groups is 2. The number of hydrogen-bond donors (Lipinski definition) is 1. The third kappa shape index (κ3) is 7.97. The highest BCUT2D eigenvalue weighted by molar-refractivity contribution is 7.92. The number of carbonyl (C=O) groups excluding carboxylic acids is 2. The molecule has 0 bridgehead atoms. The van der Waals surface area contributed by atoms with Crippen LogP contribution in [0, 0.1) is 13.8 Å². The summed E-state index contributed by atoms with van der Waals surface area (Å²) in [6, 6.07) is 20.8. The summed E-state index contributed by atoms with van der Waals surface area (Å²) in [5, 5.41) is 3.01. The molecule has 0 fully saturated rings. The molecule has 3 aromatic rings. The van der Waals surface area contributed by atoms with Gasteiger partial charge in [0.1, 0.15) is 12.6 Å². The van der Waals surface area contributed by atoms with Gasteiger partial charge in [-0.3, -0.25) is 13.9 Å². The standard InChI is InChI=1S/C33H43N3O4S/c1-8-26-15-12-13-17-30(26)36(41(39,40)28-20-18-24(3)19-21-28)23-31(37)35(22-27-16-11-10-14-25(27)4)29(9-2)32(38)34-33(5,6)7/h10-21,29H,8-9,22-23H2,1-7H3,(H,34,38). The molecule has 8 heteroatoms. The monoisotopic (exact) mass is 577 g/mol. The Labute approximate surface area is 245 Å². The van der Waals surface area contributed by atoms with Gasteiger partial charge < -0.3 is 10.2 Å². The first-order valence-electron chi connectivity index (χ1n) is 14.1. The van der Waals surface area contributed by atoms with E-state index >= 15 is 0 Å². The van der Waals surface area contributed by atoms with Crippen LogP contribution in [0.3, 0.4) is 0 Å². The van der Waals surface area contributed by atoms with Gasteiger partial charge in [-0.1, -0.05) is 74.0 Å². The van der Waals surface area contributed by atoms with Crippen LogP contribution >= 0.6 is 0 Å². The first-order valence-corrected chi connectivity index (χ1v) is 15.6. The summed E-state index contributed by atoms with van der Waals surface area (Å²) in [4.78, 5) is 29.4. The quantitative estimate of drug-likeness (QED) is 0.313. The van der Waals surface area contributed by atoms with Crippen molar-refractivity contribution in [2.45, 2.75) is 84.3 Å². The topological polar surface area (TPSA) is 86.8 Å². The Bertz CT molecular complexity index is 1460. The van der Waals surface area contributed by atoms with Crippen LogP contribution in [0.25, 0.3) is 0 Å². The van der Waals surface area contributed by atoms with Crippen molar-refractivity contribution >= 4 is 27.5 Å². The maximum absolute atomic E-state index is 14.3. The third-order valence-electron chi connectivity index (χ3n) is 7.02. The minimum Gasteiger partial charge on any atom is -0.350 e. The molecule has 41 heavy (non-hydrogen) atoms. The van der Waals surface area contributed by atoms with Crippen molar-refractivity contribution in [3.05, 3.63) is 95.1 Å². The second-order valence-corrected chi connectivity index (χ2v) is 13.3. The lowest BCUT2D eigenvalue weighted by molar-refractivity contribution is -0.141. The van der Waals surface area contributed by atoms with Crippen LogP contribution in [-0.2, 0) is 32.6 Å². The summed E-state index contributed by atoms with van der Waals surface area (Å²) in [7, 11) is -4.11. The summed E-state index contributed by atoms with van der Waals surface area (Å²) >= 11 is 0. The van der Waals surface area contributed by atoms with Gasteiger partial charge in [-0.15, -0.1) is 0 Å². The van der Waals surface area contributed by atoms with Crippen molar-refractivity contribution in [2.75, 3.05) is 10.8 Å². The van der Waals surface area contributed by atoms with Gasteiger partial charge in [0, 0.05) is 12.1 Å². The first kappa shape index (κ1) is 31.9. The van der Waals surface area contributed by atoms with Gasteiger partial charge in [-0.05, 0) is 82.3 Å². The van der Waals surface area contributed by atoms with Gasteiger partial charge >= 0.3 is 0 Å². The SMILES string of the molecule is CCc1ccccc1N(CC(=O)N(Cc1ccccc1C)C(CC)C(=O)NC(C)(C)C)S(=O)(=O)c1ccc(C)cc1. The van der Waals surface area contributed by atoms with Gasteiger partial charge in [0.15, 0.2) is 0 Å². The van der Waals surface area contributed by atoms with E-state index in [1.807, 2.05) is 84.9 Å². The molecule has 0 aliphatic heterocycles. The van der Waals surface area contributed by atoms with Gasteiger partial charge in [0.25, 0.3) is 10.0 Å². The van der Waals surface area contributed by atoms with E-state index in [2.05, 4.69) is 5.32 Å². The molecule has 1 N–H and O–H groups in total. The predicted molar refractivity (Wildman–Crippen MR) is 165 cm³/mol. The lowest BCUT2D eigenvalue weighted by Gasteiger charge is -2.35. The van der Waals surface area contributed by atoms with E-state index < -0.39 is 34.1 Å². The Morgan fingerprint density at radius 2 is 1.44 bits per heavy atom. The molecule has 0 spiro atoms. The molecule has 0 saturated carbocycles. The third-order valence-corrected chi connectivity index (χ3v) is 8.79. The van der Waals surface area contributed by atoms with Crippen LogP contribution in [-0.4, -0.2) is 43.3 Å². The van der Waals surface area contributed by atoms with Crippen molar-refractivity contribution in [2.24, 2.45) is 0 Å². The number of nitrogens with one attached hydrogen (secondary N) is 1. The molecule has 7 nitrogen and oxygen atoms in total. The van der Waals surface area contributed by atoms with Gasteiger partial charge in [0.2, 0.25) is 11.8 Å². The summed E-state index contributed by atoms with van der Waals surface area (Å²) in [6.07, 6.45) is 0.957. The van der Waals surface area contributed by atoms with E-state index in [1.165, 1.54) is 9.21 Å². The highest BCUT2D eigenvalue weighted by Gasteiger charge is 2.35. The molecular formula is C33H43N3O4S. The van der Waals surface area contributed by atoms with E-state index in [0.29, 0.717) is 18.5 Å². The van der Waals surface area contributed by atoms with Gasteiger partial charge in [-0.25, -0.2) is 8.42 Å². The van der Waals surface area contributed by atoms with E-state index in [0.717, 1.165) is 22.3 Å². The molecule has 0 aliphatic rings. The summed E-state index contributed by atoms with van der Waals surface area (Å²) in [5.41, 5.74) is 3.57.